The Morgan fingerprint density at radius 1 is 1.62 bits per heavy atom. The van der Waals surface area contributed by atoms with E-state index in [1.165, 1.54) is 13.1 Å². The van der Waals surface area contributed by atoms with Crippen molar-refractivity contribution in [3.8, 4) is 0 Å². The van der Waals surface area contributed by atoms with Crippen molar-refractivity contribution in [3.05, 3.63) is 24.0 Å². The molecule has 0 aromatic carbocycles. The molecule has 1 unspecified atom stereocenters. The number of carbonyl (C=O) groups excluding carboxylic acids is 1. The Morgan fingerprint density at radius 2 is 2.31 bits per heavy atom. The predicted molar refractivity (Wildman–Crippen MR) is 57.8 cm³/mol. The molecule has 6 nitrogen and oxygen atoms in total. The Hall–Kier alpha value is -2.11. The minimum absolute atomic E-state index is 0.0458. The van der Waals surface area contributed by atoms with Crippen molar-refractivity contribution in [2.24, 2.45) is 5.92 Å². The first-order valence-electron chi connectivity index (χ1n) is 4.74. The molecule has 0 aliphatic rings. The first-order chi connectivity index (χ1) is 7.52. The van der Waals surface area contributed by atoms with E-state index >= 15 is 0 Å². The summed E-state index contributed by atoms with van der Waals surface area (Å²) in [7, 11) is 0. The Balaban J connectivity index is 2.60. The minimum atomic E-state index is -0.964. The van der Waals surface area contributed by atoms with Gasteiger partial charge in [0.25, 0.3) is 5.91 Å². The van der Waals surface area contributed by atoms with Crippen molar-refractivity contribution in [1.82, 2.24) is 10.3 Å². The third-order valence-corrected chi connectivity index (χ3v) is 2.04. The molecule has 0 spiro atoms. The molecule has 1 aromatic heterocycles. The lowest BCUT2D eigenvalue weighted by Gasteiger charge is -2.08. The van der Waals surface area contributed by atoms with Gasteiger partial charge in [-0.25, -0.2) is 4.98 Å². The maximum Gasteiger partial charge on any atom is 0.308 e. The van der Waals surface area contributed by atoms with Gasteiger partial charge in [0.15, 0.2) is 5.69 Å². The first-order valence-corrected chi connectivity index (χ1v) is 4.74. The second-order valence-corrected chi connectivity index (χ2v) is 3.39. The largest absolute Gasteiger partial charge is 0.481 e. The zero-order valence-corrected chi connectivity index (χ0v) is 8.80. The monoisotopic (exact) mass is 223 g/mol. The quantitative estimate of drug-likeness (QED) is 0.672. The van der Waals surface area contributed by atoms with Crippen molar-refractivity contribution in [1.29, 1.82) is 0 Å². The number of pyridine rings is 1. The average Bonchev–Trinajstić information content (AvgIpc) is 2.25. The molecule has 86 valence electrons. The maximum atomic E-state index is 11.5. The number of aromatic nitrogens is 1. The van der Waals surface area contributed by atoms with E-state index in [0.29, 0.717) is 0 Å². The van der Waals surface area contributed by atoms with E-state index < -0.39 is 17.8 Å². The highest BCUT2D eigenvalue weighted by atomic mass is 16.4. The molecule has 6 heteroatoms. The van der Waals surface area contributed by atoms with Crippen LogP contribution >= 0.6 is 0 Å². The molecule has 0 aliphatic heterocycles. The Morgan fingerprint density at radius 3 is 2.88 bits per heavy atom. The molecule has 0 saturated carbocycles. The van der Waals surface area contributed by atoms with Gasteiger partial charge >= 0.3 is 5.97 Å². The SMILES string of the molecule is CC(CNC(=O)c1ncccc1N)C(=O)O. The van der Waals surface area contributed by atoms with Crippen molar-refractivity contribution in [3.63, 3.8) is 0 Å². The number of aliphatic carboxylic acids is 1. The molecule has 1 rings (SSSR count). The molecule has 1 amide bonds. The van der Waals surface area contributed by atoms with Crippen LogP contribution in [0.5, 0.6) is 0 Å². The molecule has 16 heavy (non-hydrogen) atoms. The van der Waals surface area contributed by atoms with E-state index in [1.54, 1.807) is 12.1 Å². The van der Waals surface area contributed by atoms with Crippen LogP contribution in [0.2, 0.25) is 0 Å². The second-order valence-electron chi connectivity index (χ2n) is 3.39. The number of nitrogens with two attached hydrogens (primary N) is 1. The van der Waals surface area contributed by atoms with Crippen molar-refractivity contribution >= 4 is 17.6 Å². The van der Waals surface area contributed by atoms with Gasteiger partial charge in [-0.2, -0.15) is 0 Å². The van der Waals surface area contributed by atoms with Crippen LogP contribution in [0.3, 0.4) is 0 Å². The number of hydrogen-bond acceptors (Lipinski definition) is 4. The minimum Gasteiger partial charge on any atom is -0.481 e. The van der Waals surface area contributed by atoms with Gasteiger partial charge in [-0.1, -0.05) is 6.92 Å². The van der Waals surface area contributed by atoms with E-state index in [0.717, 1.165) is 0 Å². The summed E-state index contributed by atoms with van der Waals surface area (Å²) in [6, 6.07) is 3.18. The van der Waals surface area contributed by atoms with E-state index in [-0.39, 0.29) is 17.9 Å². The van der Waals surface area contributed by atoms with Crippen LogP contribution in [0.4, 0.5) is 5.69 Å². The van der Waals surface area contributed by atoms with Crippen LogP contribution in [0.25, 0.3) is 0 Å². The van der Waals surface area contributed by atoms with Gasteiger partial charge in [0.1, 0.15) is 0 Å². The van der Waals surface area contributed by atoms with Gasteiger partial charge in [0.05, 0.1) is 11.6 Å². The van der Waals surface area contributed by atoms with Crippen LogP contribution in [-0.4, -0.2) is 28.5 Å². The summed E-state index contributed by atoms with van der Waals surface area (Å²) in [6.07, 6.45) is 1.45. The molecular formula is C10H13N3O3. The molecule has 0 aliphatic carbocycles. The van der Waals surface area contributed by atoms with Crippen LogP contribution in [0.15, 0.2) is 18.3 Å². The van der Waals surface area contributed by atoms with Gasteiger partial charge in [0.2, 0.25) is 0 Å². The number of carbonyl (C=O) groups is 2. The lowest BCUT2D eigenvalue weighted by Crippen LogP contribution is -2.32. The van der Waals surface area contributed by atoms with E-state index in [9.17, 15) is 9.59 Å². The average molecular weight is 223 g/mol. The first kappa shape index (κ1) is 12.0. The molecular weight excluding hydrogens is 210 g/mol. The number of carboxylic acids is 1. The molecule has 1 heterocycles. The Kier molecular flexibility index (Phi) is 3.82. The highest BCUT2D eigenvalue weighted by molar-refractivity contribution is 5.97. The highest BCUT2D eigenvalue weighted by Gasteiger charge is 2.15. The lowest BCUT2D eigenvalue weighted by atomic mass is 10.2. The number of amides is 1. The van der Waals surface area contributed by atoms with Gasteiger partial charge in [-0.3, -0.25) is 9.59 Å². The summed E-state index contributed by atoms with van der Waals surface area (Å²) in [5.74, 6) is -2.07. The molecule has 0 radical (unpaired) electrons. The molecule has 0 fully saturated rings. The fourth-order valence-electron chi connectivity index (χ4n) is 1.02. The zero-order valence-electron chi connectivity index (χ0n) is 8.80. The molecule has 1 aromatic rings. The van der Waals surface area contributed by atoms with Crippen molar-refractivity contribution in [2.75, 3.05) is 12.3 Å². The highest BCUT2D eigenvalue weighted by Crippen LogP contribution is 2.06. The Bertz CT molecular complexity index is 406. The maximum absolute atomic E-state index is 11.5. The summed E-state index contributed by atoms with van der Waals surface area (Å²) in [4.78, 5) is 25.9. The number of carboxylic acid groups (broad SMARTS) is 1. The number of anilines is 1. The summed E-state index contributed by atoms with van der Waals surface area (Å²) in [5, 5.41) is 11.1. The summed E-state index contributed by atoms with van der Waals surface area (Å²) < 4.78 is 0. The van der Waals surface area contributed by atoms with Crippen molar-refractivity contribution in [2.45, 2.75) is 6.92 Å². The van der Waals surface area contributed by atoms with Crippen LogP contribution in [-0.2, 0) is 4.79 Å². The van der Waals surface area contributed by atoms with E-state index in [4.69, 9.17) is 10.8 Å². The summed E-state index contributed by atoms with van der Waals surface area (Å²) in [5.41, 5.74) is 5.93. The Labute approximate surface area is 92.5 Å². The number of rotatable bonds is 4. The smallest absolute Gasteiger partial charge is 0.308 e. The normalized spacial score (nSPS) is 11.8. The molecule has 0 bridgehead atoms. The molecule has 4 N–H and O–H groups in total. The zero-order chi connectivity index (χ0) is 12.1. The fourth-order valence-corrected chi connectivity index (χ4v) is 1.02. The molecule has 0 saturated heterocycles. The van der Waals surface area contributed by atoms with Gasteiger partial charge in [-0.05, 0) is 12.1 Å². The third-order valence-electron chi connectivity index (χ3n) is 2.04. The number of hydrogen-bond donors (Lipinski definition) is 3. The van der Waals surface area contributed by atoms with Crippen LogP contribution in [0.1, 0.15) is 17.4 Å². The predicted octanol–water partition coefficient (Wildman–Crippen LogP) is 0.114. The number of nitrogen functional groups attached to an aromatic ring is 1. The fraction of sp³-hybridized carbons (Fsp3) is 0.300. The lowest BCUT2D eigenvalue weighted by molar-refractivity contribution is -0.140. The van der Waals surface area contributed by atoms with Gasteiger partial charge in [0, 0.05) is 12.7 Å². The van der Waals surface area contributed by atoms with E-state index in [2.05, 4.69) is 10.3 Å². The number of nitrogens with one attached hydrogen (secondary N) is 1. The van der Waals surface area contributed by atoms with Gasteiger partial charge < -0.3 is 16.2 Å². The topological polar surface area (TPSA) is 105 Å². The second kappa shape index (κ2) is 5.11. The molecule has 1 atom stereocenters. The standard InChI is InChI=1S/C10H13N3O3/c1-6(10(15)16)5-13-9(14)8-7(11)3-2-4-12-8/h2-4,6H,5,11H2,1H3,(H,13,14)(H,15,16). The third kappa shape index (κ3) is 2.94. The summed E-state index contributed by atoms with van der Waals surface area (Å²) in [6.45, 7) is 1.55. The van der Waals surface area contributed by atoms with Gasteiger partial charge in [-0.15, -0.1) is 0 Å². The number of nitrogens with zero attached hydrogens (tertiary/aromatic N) is 1. The van der Waals surface area contributed by atoms with Crippen LogP contribution in [0, 0.1) is 5.92 Å². The van der Waals surface area contributed by atoms with Crippen molar-refractivity contribution < 1.29 is 14.7 Å². The summed E-state index contributed by atoms with van der Waals surface area (Å²) >= 11 is 0. The van der Waals surface area contributed by atoms with E-state index in [1.807, 2.05) is 0 Å². The van der Waals surface area contributed by atoms with Crippen LogP contribution < -0.4 is 11.1 Å².